The van der Waals surface area contributed by atoms with Crippen LogP contribution in [0.2, 0.25) is 0 Å². The predicted molar refractivity (Wildman–Crippen MR) is 275 cm³/mol. The van der Waals surface area contributed by atoms with Crippen molar-refractivity contribution in [1.82, 2.24) is 41.0 Å². The van der Waals surface area contributed by atoms with Crippen molar-refractivity contribution in [2.45, 2.75) is 102 Å². The van der Waals surface area contributed by atoms with Crippen LogP contribution >= 0.6 is 0 Å². The Hall–Kier alpha value is -6.52. The smallest absolute Gasteiger partial charge is 0.270 e. The van der Waals surface area contributed by atoms with Crippen LogP contribution in [0, 0.1) is 27.7 Å². The van der Waals surface area contributed by atoms with E-state index in [0.29, 0.717) is 25.9 Å². The lowest BCUT2D eigenvalue weighted by atomic mass is 9.85. The molecule has 4 unspecified atom stereocenters. The van der Waals surface area contributed by atoms with E-state index in [1.165, 1.54) is 6.20 Å². The number of carbonyl (C=O) groups is 4. The number of amides is 2. The van der Waals surface area contributed by atoms with E-state index in [4.69, 9.17) is 4.98 Å². The highest BCUT2D eigenvalue weighted by molar-refractivity contribution is 5.92. The number of hydrogen-bond acceptors (Lipinski definition) is 12. The molecule has 6 atom stereocenters. The first-order valence-electron chi connectivity index (χ1n) is 24.7. The quantitative estimate of drug-likeness (QED) is 0.0559. The number of H-pyrrole nitrogens is 1. The molecular weight excluding hydrogens is 897 g/mol. The van der Waals surface area contributed by atoms with E-state index >= 15 is 9.59 Å². The summed E-state index contributed by atoms with van der Waals surface area (Å²) >= 11 is 0. The zero-order chi connectivity index (χ0) is 51.1. The van der Waals surface area contributed by atoms with Crippen LogP contribution in [-0.4, -0.2) is 120 Å². The van der Waals surface area contributed by atoms with Gasteiger partial charge in [-0.25, -0.2) is 0 Å². The van der Waals surface area contributed by atoms with Crippen LogP contribution in [-0.2, 0) is 44.9 Å². The second-order valence-electron chi connectivity index (χ2n) is 19.8. The van der Waals surface area contributed by atoms with Crippen LogP contribution in [0.5, 0.6) is 11.5 Å². The first-order valence-corrected chi connectivity index (χ1v) is 24.7. The van der Waals surface area contributed by atoms with Crippen LogP contribution < -0.4 is 26.8 Å². The van der Waals surface area contributed by atoms with Gasteiger partial charge in [-0.05, 0) is 174 Å². The van der Waals surface area contributed by atoms with E-state index in [9.17, 15) is 24.6 Å². The molecule has 0 aliphatic carbocycles. The summed E-state index contributed by atoms with van der Waals surface area (Å²) in [7, 11) is 7.26. The third-order valence-electron chi connectivity index (χ3n) is 14.5. The molecule has 0 spiro atoms. The molecule has 376 valence electrons. The molecule has 0 radical (unpaired) electrons. The van der Waals surface area contributed by atoms with E-state index in [2.05, 4.69) is 26.3 Å². The number of ketones is 2. The number of hydrogen-bond donors (Lipinski definition) is 7. The van der Waals surface area contributed by atoms with Gasteiger partial charge in [-0.2, -0.15) is 0 Å². The number of phenolic OH excluding ortho intramolecular Hbond substituents is 2. The van der Waals surface area contributed by atoms with E-state index in [-0.39, 0.29) is 72.2 Å². The fraction of sp³-hybridized carbons (Fsp3) is 0.429. The summed E-state index contributed by atoms with van der Waals surface area (Å²) in [5.74, 6) is -2.69. The molecule has 4 aromatic carbocycles. The molecule has 0 saturated carbocycles. The number of likely N-dealkylation sites (N-methyl/N-ethyl adjacent to an activating group) is 2. The van der Waals surface area contributed by atoms with E-state index < -0.39 is 41.6 Å². The third kappa shape index (κ3) is 12.2. The van der Waals surface area contributed by atoms with Crippen LogP contribution in [0.3, 0.4) is 0 Å². The molecule has 7 N–H and O–H groups in total. The third-order valence-corrected chi connectivity index (χ3v) is 14.5. The van der Waals surface area contributed by atoms with Gasteiger partial charge in [-0.1, -0.05) is 48.5 Å². The Morgan fingerprint density at radius 2 is 1.06 bits per heavy atom. The van der Waals surface area contributed by atoms with E-state index in [1.54, 1.807) is 38.4 Å². The largest absolute Gasteiger partial charge is 0.508 e. The van der Waals surface area contributed by atoms with Crippen LogP contribution in [0.25, 0.3) is 0 Å². The van der Waals surface area contributed by atoms with E-state index in [0.717, 1.165) is 68.5 Å². The Balaban J connectivity index is 1.21. The summed E-state index contributed by atoms with van der Waals surface area (Å²) < 4.78 is 0. The summed E-state index contributed by atoms with van der Waals surface area (Å²) in [4.78, 5) is 83.8. The Bertz CT molecular complexity index is 2780. The van der Waals surface area contributed by atoms with Crippen molar-refractivity contribution in [1.29, 1.82) is 0 Å². The van der Waals surface area contributed by atoms with Crippen molar-refractivity contribution < 1.29 is 29.4 Å². The molecule has 1 aromatic heterocycles. The van der Waals surface area contributed by atoms with Gasteiger partial charge in [0.05, 0.1) is 23.9 Å². The summed E-state index contributed by atoms with van der Waals surface area (Å²) in [6, 6.07) is 19.8. The van der Waals surface area contributed by atoms with Gasteiger partial charge in [-0.3, -0.25) is 38.8 Å². The fourth-order valence-electron chi connectivity index (χ4n) is 10.6. The number of Topliss-reactive ketones (excluding diaryl/α,β-unsaturated/α-hetero) is 2. The maximum absolute atomic E-state index is 15.1. The highest BCUT2D eigenvalue weighted by Crippen LogP contribution is 2.31. The highest BCUT2D eigenvalue weighted by Gasteiger charge is 2.36. The van der Waals surface area contributed by atoms with Gasteiger partial charge >= 0.3 is 0 Å². The lowest BCUT2D eigenvalue weighted by molar-refractivity contribution is -0.126. The van der Waals surface area contributed by atoms with Crippen molar-refractivity contribution in [2.75, 3.05) is 54.4 Å². The van der Waals surface area contributed by atoms with Gasteiger partial charge in [0.25, 0.3) is 5.56 Å². The molecule has 2 aliphatic rings. The maximum atomic E-state index is 15.1. The van der Waals surface area contributed by atoms with Gasteiger partial charge in [0, 0.05) is 38.1 Å². The van der Waals surface area contributed by atoms with Crippen LogP contribution in [0.1, 0.15) is 104 Å². The lowest BCUT2D eigenvalue weighted by Crippen LogP contribution is -2.45. The summed E-state index contributed by atoms with van der Waals surface area (Å²) in [5.41, 5.74) is 8.70. The lowest BCUT2D eigenvalue weighted by Gasteiger charge is -2.30. The number of phenols is 2. The van der Waals surface area contributed by atoms with Gasteiger partial charge in [0.1, 0.15) is 29.3 Å². The van der Waals surface area contributed by atoms with Crippen molar-refractivity contribution in [3.05, 3.63) is 156 Å². The molecule has 0 bridgehead atoms. The first-order chi connectivity index (χ1) is 33.9. The Kier molecular flexibility index (Phi) is 17.0. The van der Waals surface area contributed by atoms with Gasteiger partial charge in [0.15, 0.2) is 11.6 Å². The molecule has 71 heavy (non-hydrogen) atoms. The van der Waals surface area contributed by atoms with Crippen LogP contribution in [0.15, 0.2) is 83.8 Å². The summed E-state index contributed by atoms with van der Waals surface area (Å²) in [6.07, 6.45) is 3.88. The molecule has 3 heterocycles. The normalized spacial score (nSPS) is 17.2. The second-order valence-corrected chi connectivity index (χ2v) is 19.8. The number of nitrogens with zero attached hydrogens (tertiary/aromatic N) is 3. The van der Waals surface area contributed by atoms with Crippen molar-refractivity contribution in [2.24, 2.45) is 0 Å². The van der Waals surface area contributed by atoms with Gasteiger partial charge < -0.3 is 36.5 Å². The average Bonchev–Trinajstić information content (AvgIpc) is 3.32. The van der Waals surface area contributed by atoms with Gasteiger partial charge in [-0.15, -0.1) is 0 Å². The number of rotatable bonds is 20. The first kappa shape index (κ1) is 52.3. The minimum Gasteiger partial charge on any atom is -0.508 e. The van der Waals surface area contributed by atoms with Crippen LogP contribution in [0.4, 0.5) is 0 Å². The summed E-state index contributed by atoms with van der Waals surface area (Å²) in [5, 5.41) is 33.4. The minimum atomic E-state index is -1.07. The molecule has 5 aromatic rings. The average molecular weight is 967 g/mol. The number of aromatic amines is 1. The second kappa shape index (κ2) is 23.1. The van der Waals surface area contributed by atoms with Crippen molar-refractivity contribution >= 4 is 23.4 Å². The number of aryl methyl sites for hydroxylation is 4. The van der Waals surface area contributed by atoms with E-state index in [1.807, 2.05) is 100 Å². The molecule has 7 rings (SSSR count). The maximum Gasteiger partial charge on any atom is 0.270 e. The zero-order valence-electron chi connectivity index (χ0n) is 42.3. The number of carbonyl (C=O) groups excluding carboxylic acids is 4. The number of aromatic hydroxyl groups is 2. The molecular formula is C56H70N8O7. The predicted octanol–water partition coefficient (Wildman–Crippen LogP) is 4.85. The Labute approximate surface area is 416 Å². The SMILES string of the molecule is Cc1cc(O)cc(C)c1C[C@@H](C(=O)C(CCNC(=O)C1NCCc2ccccc21)c1cnc(C(CCNC(=O)C2NCCc3ccccc32)C(=O)[C@H](Cc2c(C)cc(O)cc2C)N(C)C)c(=O)[nH]1)N(C)C. The number of aromatic nitrogens is 2. The molecule has 2 amide bonds. The molecule has 2 aliphatic heterocycles. The highest BCUT2D eigenvalue weighted by atomic mass is 16.3. The Morgan fingerprint density at radius 1 is 0.648 bits per heavy atom. The molecule has 0 saturated heterocycles. The Morgan fingerprint density at radius 3 is 1.48 bits per heavy atom. The number of benzene rings is 4. The van der Waals surface area contributed by atoms with Crippen molar-refractivity contribution in [3.63, 3.8) is 0 Å². The number of nitrogens with one attached hydrogen (secondary N) is 5. The monoisotopic (exact) mass is 967 g/mol. The van der Waals surface area contributed by atoms with Crippen molar-refractivity contribution in [3.8, 4) is 11.5 Å². The molecule has 15 nitrogen and oxygen atoms in total. The summed E-state index contributed by atoms with van der Waals surface area (Å²) in [6.45, 7) is 9.02. The number of fused-ring (bicyclic) bond motifs is 2. The fourth-order valence-corrected chi connectivity index (χ4v) is 10.6. The molecule has 15 heteroatoms. The topological polar surface area (TPSA) is 209 Å². The van der Waals surface area contributed by atoms with Gasteiger partial charge in [0.2, 0.25) is 11.8 Å². The minimum absolute atomic E-state index is 0.0406. The molecule has 0 fully saturated rings. The zero-order valence-corrected chi connectivity index (χ0v) is 42.3. The standard InChI is InChI=1S/C56H70N8O7/c1-32-25-38(65)26-33(2)44(32)29-47(63(5)6)52(67)42(19-23-59-54(69)49-40-15-11-9-13-36(40)17-21-57-49)46-31-61-51(56(71)62-46)43(20-24-60-55(70)50-41-16-12-10-14-37(41)18-22-58-50)53(68)48(64(7)8)30-45-34(3)27-39(66)28-35(45)4/h9-16,25-28,31,42-43,47-50,57-58,65-66H,17-24,29-30H2,1-8H3,(H,59,69)(H,60,70)(H,62,71)/t42?,43?,47-,48-,49?,50?/m0/s1.